The summed E-state index contributed by atoms with van der Waals surface area (Å²) in [6.45, 7) is 4.99. The molecule has 0 N–H and O–H groups in total. The van der Waals surface area contributed by atoms with Crippen LogP contribution >= 0.6 is 0 Å². The second-order valence-electron chi connectivity index (χ2n) is 4.47. The summed E-state index contributed by atoms with van der Waals surface area (Å²) in [5.74, 6) is 1.36. The quantitative estimate of drug-likeness (QED) is 0.812. The van der Waals surface area contributed by atoms with Gasteiger partial charge in [0.1, 0.15) is 11.3 Å². The number of ether oxygens (including phenoxy) is 1. The molecule has 2 rings (SSSR count). The van der Waals surface area contributed by atoms with Crippen LogP contribution in [0.4, 0.5) is 0 Å². The van der Waals surface area contributed by atoms with E-state index < -0.39 is 0 Å². The van der Waals surface area contributed by atoms with Gasteiger partial charge in [-0.2, -0.15) is 0 Å². The van der Waals surface area contributed by atoms with Gasteiger partial charge in [0, 0.05) is 12.1 Å². The summed E-state index contributed by atoms with van der Waals surface area (Å²) >= 11 is 0. The van der Waals surface area contributed by atoms with E-state index in [1.807, 2.05) is 0 Å². The van der Waals surface area contributed by atoms with Crippen LogP contribution in [0, 0.1) is 5.92 Å². The maximum Gasteiger partial charge on any atom is 0.192 e. The SMILES string of the molecule is CC(C)CCOc1ccc2c(=O)ccoc2c1. The smallest absolute Gasteiger partial charge is 0.192 e. The van der Waals surface area contributed by atoms with Crippen molar-refractivity contribution >= 4 is 11.0 Å². The zero-order valence-corrected chi connectivity index (χ0v) is 10.1. The second-order valence-corrected chi connectivity index (χ2v) is 4.47. The largest absolute Gasteiger partial charge is 0.493 e. The van der Waals surface area contributed by atoms with Gasteiger partial charge in [-0.05, 0) is 24.5 Å². The molecule has 0 aliphatic carbocycles. The van der Waals surface area contributed by atoms with Crippen LogP contribution in [-0.2, 0) is 0 Å². The third kappa shape index (κ3) is 2.87. The van der Waals surface area contributed by atoms with E-state index >= 15 is 0 Å². The van der Waals surface area contributed by atoms with E-state index in [2.05, 4.69) is 13.8 Å². The highest BCUT2D eigenvalue weighted by Crippen LogP contribution is 2.18. The average molecular weight is 232 g/mol. The lowest BCUT2D eigenvalue weighted by molar-refractivity contribution is 0.289. The Morgan fingerprint density at radius 3 is 2.88 bits per heavy atom. The molecule has 0 amide bonds. The zero-order valence-electron chi connectivity index (χ0n) is 10.1. The zero-order chi connectivity index (χ0) is 12.3. The van der Waals surface area contributed by atoms with Crippen molar-refractivity contribution in [3.63, 3.8) is 0 Å². The molecule has 0 spiro atoms. The molecule has 3 nitrogen and oxygen atoms in total. The van der Waals surface area contributed by atoms with Crippen molar-refractivity contribution in [2.75, 3.05) is 6.61 Å². The highest BCUT2D eigenvalue weighted by atomic mass is 16.5. The molecule has 2 aromatic rings. The second kappa shape index (κ2) is 5.04. The van der Waals surface area contributed by atoms with Gasteiger partial charge in [-0.15, -0.1) is 0 Å². The fourth-order valence-electron chi connectivity index (χ4n) is 1.56. The standard InChI is InChI=1S/C14H16O3/c1-10(2)5-7-16-11-3-4-12-13(15)6-8-17-14(12)9-11/h3-4,6,8-10H,5,7H2,1-2H3. The fraction of sp³-hybridized carbons (Fsp3) is 0.357. The van der Waals surface area contributed by atoms with Crippen molar-refractivity contribution in [3.05, 3.63) is 40.8 Å². The van der Waals surface area contributed by atoms with Crippen LogP contribution in [0.5, 0.6) is 5.75 Å². The van der Waals surface area contributed by atoms with Crippen molar-refractivity contribution in [2.45, 2.75) is 20.3 Å². The van der Waals surface area contributed by atoms with E-state index in [1.54, 1.807) is 18.2 Å². The summed E-state index contributed by atoms with van der Waals surface area (Å²) in [6, 6.07) is 6.73. The van der Waals surface area contributed by atoms with Crippen molar-refractivity contribution in [1.82, 2.24) is 0 Å². The van der Waals surface area contributed by atoms with Crippen molar-refractivity contribution in [2.24, 2.45) is 5.92 Å². The molecule has 0 radical (unpaired) electrons. The molecule has 0 atom stereocenters. The van der Waals surface area contributed by atoms with Gasteiger partial charge in [0.2, 0.25) is 0 Å². The van der Waals surface area contributed by atoms with E-state index in [0.717, 1.165) is 12.2 Å². The highest BCUT2D eigenvalue weighted by molar-refractivity contribution is 5.77. The summed E-state index contributed by atoms with van der Waals surface area (Å²) in [5, 5.41) is 0.587. The molecule has 3 heteroatoms. The third-order valence-electron chi connectivity index (χ3n) is 2.60. The lowest BCUT2D eigenvalue weighted by Crippen LogP contribution is -2.02. The Balaban J connectivity index is 2.18. The highest BCUT2D eigenvalue weighted by Gasteiger charge is 2.02. The molecule has 1 heterocycles. The predicted octanol–water partition coefficient (Wildman–Crippen LogP) is 3.22. The van der Waals surface area contributed by atoms with Crippen LogP contribution in [0.3, 0.4) is 0 Å². The lowest BCUT2D eigenvalue weighted by Gasteiger charge is -2.08. The first-order chi connectivity index (χ1) is 8.16. The Bertz CT molecular complexity index is 555. The molecule has 0 saturated carbocycles. The van der Waals surface area contributed by atoms with Crippen LogP contribution < -0.4 is 10.2 Å². The normalized spacial score (nSPS) is 11.0. The number of benzene rings is 1. The molecule has 0 fully saturated rings. The molecule has 0 aliphatic rings. The van der Waals surface area contributed by atoms with Crippen LogP contribution in [0.25, 0.3) is 11.0 Å². The molecule has 90 valence electrons. The molecule has 0 unspecified atom stereocenters. The maximum atomic E-state index is 11.5. The monoisotopic (exact) mass is 232 g/mol. The van der Waals surface area contributed by atoms with Gasteiger partial charge in [-0.25, -0.2) is 0 Å². The summed E-state index contributed by atoms with van der Waals surface area (Å²) in [6.07, 6.45) is 2.42. The Morgan fingerprint density at radius 1 is 1.29 bits per heavy atom. The lowest BCUT2D eigenvalue weighted by atomic mass is 10.1. The average Bonchev–Trinajstić information content (AvgIpc) is 2.29. The molecule has 0 bridgehead atoms. The van der Waals surface area contributed by atoms with Gasteiger partial charge in [0.15, 0.2) is 5.43 Å². The Morgan fingerprint density at radius 2 is 2.12 bits per heavy atom. The van der Waals surface area contributed by atoms with Gasteiger partial charge >= 0.3 is 0 Å². The van der Waals surface area contributed by atoms with Gasteiger partial charge < -0.3 is 9.15 Å². The number of rotatable bonds is 4. The Hall–Kier alpha value is -1.77. The maximum absolute atomic E-state index is 11.5. The molecular weight excluding hydrogens is 216 g/mol. The number of hydrogen-bond acceptors (Lipinski definition) is 3. The molecule has 1 aromatic carbocycles. The van der Waals surface area contributed by atoms with Crippen molar-refractivity contribution in [3.8, 4) is 5.75 Å². The molecular formula is C14H16O3. The molecule has 0 aliphatic heterocycles. The van der Waals surface area contributed by atoms with Crippen LogP contribution in [0.1, 0.15) is 20.3 Å². The minimum Gasteiger partial charge on any atom is -0.493 e. The van der Waals surface area contributed by atoms with E-state index in [4.69, 9.17) is 9.15 Å². The van der Waals surface area contributed by atoms with Gasteiger partial charge in [-0.1, -0.05) is 13.8 Å². The van der Waals surface area contributed by atoms with Crippen LogP contribution in [0.15, 0.2) is 39.7 Å². The van der Waals surface area contributed by atoms with E-state index in [-0.39, 0.29) is 5.43 Å². The molecule has 17 heavy (non-hydrogen) atoms. The van der Waals surface area contributed by atoms with Crippen molar-refractivity contribution < 1.29 is 9.15 Å². The topological polar surface area (TPSA) is 39.4 Å². The summed E-state index contributed by atoms with van der Waals surface area (Å²) in [4.78, 5) is 11.5. The summed E-state index contributed by atoms with van der Waals surface area (Å²) in [7, 11) is 0. The minimum absolute atomic E-state index is 0.0278. The predicted molar refractivity (Wildman–Crippen MR) is 67.4 cm³/mol. The van der Waals surface area contributed by atoms with Crippen LogP contribution in [-0.4, -0.2) is 6.61 Å². The molecule has 1 aromatic heterocycles. The summed E-state index contributed by atoms with van der Waals surface area (Å²) in [5.41, 5.74) is 0.541. The first kappa shape index (κ1) is 11.7. The Kier molecular flexibility index (Phi) is 3.47. The van der Waals surface area contributed by atoms with Gasteiger partial charge in [0.25, 0.3) is 0 Å². The van der Waals surface area contributed by atoms with Crippen molar-refractivity contribution in [1.29, 1.82) is 0 Å². The first-order valence-electron chi connectivity index (χ1n) is 5.81. The van der Waals surface area contributed by atoms with Gasteiger partial charge in [-0.3, -0.25) is 4.79 Å². The molecule has 0 saturated heterocycles. The minimum atomic E-state index is -0.0278. The summed E-state index contributed by atoms with van der Waals surface area (Å²) < 4.78 is 10.9. The first-order valence-corrected chi connectivity index (χ1v) is 5.81. The van der Waals surface area contributed by atoms with E-state index in [1.165, 1.54) is 12.3 Å². The number of fused-ring (bicyclic) bond motifs is 1. The van der Waals surface area contributed by atoms with E-state index in [0.29, 0.717) is 23.5 Å². The Labute approximate surface area is 100 Å². The van der Waals surface area contributed by atoms with Gasteiger partial charge in [0.05, 0.1) is 18.3 Å². The van der Waals surface area contributed by atoms with Crippen LogP contribution in [0.2, 0.25) is 0 Å². The van der Waals surface area contributed by atoms with E-state index in [9.17, 15) is 4.79 Å². The fourth-order valence-corrected chi connectivity index (χ4v) is 1.56. The third-order valence-corrected chi connectivity index (χ3v) is 2.60. The number of hydrogen-bond donors (Lipinski definition) is 0.